The lowest BCUT2D eigenvalue weighted by molar-refractivity contribution is 0.383. The van der Waals surface area contributed by atoms with Gasteiger partial charge in [0.25, 0.3) is 0 Å². The molecule has 0 fully saturated rings. The van der Waals surface area contributed by atoms with E-state index in [1.165, 1.54) is 17.3 Å². The summed E-state index contributed by atoms with van der Waals surface area (Å²) in [6.07, 6.45) is 3.17. The zero-order chi connectivity index (χ0) is 15.7. The van der Waals surface area contributed by atoms with Gasteiger partial charge in [0, 0.05) is 11.6 Å². The second kappa shape index (κ2) is 6.09. The predicted molar refractivity (Wildman–Crippen MR) is 83.7 cm³/mol. The molecule has 0 saturated carbocycles. The van der Waals surface area contributed by atoms with Gasteiger partial charge in [-0.3, -0.25) is 0 Å². The second-order valence-corrected chi connectivity index (χ2v) is 6.76. The molecule has 1 aliphatic rings. The third-order valence-corrected chi connectivity index (χ3v) is 4.87. The van der Waals surface area contributed by atoms with Crippen molar-refractivity contribution in [3.05, 3.63) is 34.1 Å². The third-order valence-electron chi connectivity index (χ3n) is 3.91. The fourth-order valence-electron chi connectivity index (χ4n) is 2.67. The highest BCUT2D eigenvalue weighted by Gasteiger charge is 2.21. The van der Waals surface area contributed by atoms with Gasteiger partial charge in [0.15, 0.2) is 5.82 Å². The highest BCUT2D eigenvalue weighted by molar-refractivity contribution is 7.98. The van der Waals surface area contributed by atoms with E-state index in [-0.39, 0.29) is 5.92 Å². The average molecular weight is 314 g/mol. The van der Waals surface area contributed by atoms with Gasteiger partial charge in [-0.05, 0) is 37.3 Å². The lowest BCUT2D eigenvalue weighted by atomic mass is 10.0. The van der Waals surface area contributed by atoms with E-state index in [4.69, 9.17) is 9.51 Å². The SMILES string of the molecule is Cc1c(C#N)c(SCc2nc(C(C)C)no2)nc2c1CCC2. The van der Waals surface area contributed by atoms with E-state index < -0.39 is 0 Å². The molecule has 0 aromatic carbocycles. The van der Waals surface area contributed by atoms with Crippen molar-refractivity contribution in [3.8, 4) is 6.07 Å². The van der Waals surface area contributed by atoms with Crippen LogP contribution in [-0.2, 0) is 18.6 Å². The maximum Gasteiger partial charge on any atom is 0.237 e. The first-order valence-electron chi connectivity index (χ1n) is 7.48. The van der Waals surface area contributed by atoms with Crippen molar-refractivity contribution in [1.82, 2.24) is 15.1 Å². The summed E-state index contributed by atoms with van der Waals surface area (Å²) >= 11 is 1.50. The van der Waals surface area contributed by atoms with Crippen LogP contribution in [0.25, 0.3) is 0 Å². The van der Waals surface area contributed by atoms with Crippen molar-refractivity contribution in [2.24, 2.45) is 0 Å². The standard InChI is InChI=1S/C16H18N4OS/c1-9(2)15-19-14(21-20-15)8-22-16-12(7-17)10(3)11-5-4-6-13(11)18-16/h9H,4-6,8H2,1-3H3. The fourth-order valence-corrected chi connectivity index (χ4v) is 3.57. The van der Waals surface area contributed by atoms with Crippen LogP contribution in [-0.4, -0.2) is 15.1 Å². The van der Waals surface area contributed by atoms with Gasteiger partial charge in [0.1, 0.15) is 11.1 Å². The lowest BCUT2D eigenvalue weighted by Gasteiger charge is -2.09. The predicted octanol–water partition coefficient (Wildman–Crippen LogP) is 3.55. The van der Waals surface area contributed by atoms with Crippen molar-refractivity contribution < 1.29 is 4.52 Å². The molecular weight excluding hydrogens is 296 g/mol. The van der Waals surface area contributed by atoms with Gasteiger partial charge in [0.2, 0.25) is 5.89 Å². The van der Waals surface area contributed by atoms with Crippen LogP contribution in [0.15, 0.2) is 9.55 Å². The van der Waals surface area contributed by atoms with Crippen LogP contribution in [0.3, 0.4) is 0 Å². The molecule has 0 unspecified atom stereocenters. The molecule has 22 heavy (non-hydrogen) atoms. The van der Waals surface area contributed by atoms with Crippen LogP contribution in [0, 0.1) is 18.3 Å². The minimum absolute atomic E-state index is 0.248. The minimum Gasteiger partial charge on any atom is -0.338 e. The van der Waals surface area contributed by atoms with Gasteiger partial charge in [-0.2, -0.15) is 10.2 Å². The molecule has 0 spiro atoms. The summed E-state index contributed by atoms with van der Waals surface area (Å²) in [5.74, 6) is 2.09. The number of hydrogen-bond donors (Lipinski definition) is 0. The average Bonchev–Trinajstić information content (AvgIpc) is 3.14. The molecule has 0 amide bonds. The van der Waals surface area contributed by atoms with Gasteiger partial charge in [-0.1, -0.05) is 30.8 Å². The molecule has 0 bridgehead atoms. The zero-order valence-corrected chi connectivity index (χ0v) is 13.8. The Bertz CT molecular complexity index is 745. The van der Waals surface area contributed by atoms with Crippen LogP contribution in [0.4, 0.5) is 0 Å². The van der Waals surface area contributed by atoms with Crippen LogP contribution in [0.5, 0.6) is 0 Å². The Morgan fingerprint density at radius 3 is 2.82 bits per heavy atom. The molecule has 1 aliphatic carbocycles. The Hall–Kier alpha value is -1.87. The number of nitrogens with zero attached hydrogens (tertiary/aromatic N) is 4. The first-order valence-corrected chi connectivity index (χ1v) is 8.46. The Morgan fingerprint density at radius 1 is 1.32 bits per heavy atom. The quantitative estimate of drug-likeness (QED) is 0.803. The number of aryl methyl sites for hydroxylation is 1. The molecule has 2 aromatic heterocycles. The van der Waals surface area contributed by atoms with Crippen LogP contribution >= 0.6 is 11.8 Å². The first kappa shape index (κ1) is 15.0. The molecule has 5 nitrogen and oxygen atoms in total. The Labute approximate surface area is 134 Å². The number of nitriles is 1. The Kier molecular flexibility index (Phi) is 4.16. The lowest BCUT2D eigenvalue weighted by Crippen LogP contribution is -2.00. The number of aromatic nitrogens is 3. The molecule has 114 valence electrons. The summed E-state index contributed by atoms with van der Waals surface area (Å²) in [4.78, 5) is 9.06. The van der Waals surface area contributed by atoms with E-state index in [9.17, 15) is 5.26 Å². The number of pyridine rings is 1. The maximum atomic E-state index is 9.45. The van der Waals surface area contributed by atoms with Gasteiger partial charge >= 0.3 is 0 Å². The minimum atomic E-state index is 0.248. The monoisotopic (exact) mass is 314 g/mol. The highest BCUT2D eigenvalue weighted by Crippen LogP contribution is 2.32. The summed E-state index contributed by atoms with van der Waals surface area (Å²) in [6, 6.07) is 2.30. The number of thioether (sulfide) groups is 1. The molecule has 0 N–H and O–H groups in total. The number of fused-ring (bicyclic) bond motifs is 1. The molecule has 0 radical (unpaired) electrons. The van der Waals surface area contributed by atoms with Gasteiger partial charge in [-0.15, -0.1) is 0 Å². The first-order chi connectivity index (χ1) is 10.6. The van der Waals surface area contributed by atoms with Gasteiger partial charge in [-0.25, -0.2) is 4.98 Å². The molecule has 2 aromatic rings. The van der Waals surface area contributed by atoms with Crippen molar-refractivity contribution in [3.63, 3.8) is 0 Å². The van der Waals surface area contributed by atoms with Crippen molar-refractivity contribution in [2.75, 3.05) is 0 Å². The molecule has 0 atom stereocenters. The van der Waals surface area contributed by atoms with E-state index in [1.54, 1.807) is 0 Å². The molecule has 0 saturated heterocycles. The Morgan fingerprint density at radius 2 is 2.14 bits per heavy atom. The molecule has 0 aliphatic heterocycles. The third kappa shape index (κ3) is 2.73. The molecule has 2 heterocycles. The Balaban J connectivity index is 1.83. The molecular formula is C16H18N4OS. The van der Waals surface area contributed by atoms with Crippen molar-refractivity contribution in [1.29, 1.82) is 5.26 Å². The van der Waals surface area contributed by atoms with Crippen molar-refractivity contribution >= 4 is 11.8 Å². The summed E-state index contributed by atoms with van der Waals surface area (Å²) in [6.45, 7) is 6.08. The largest absolute Gasteiger partial charge is 0.338 e. The molecule has 6 heteroatoms. The van der Waals surface area contributed by atoms with E-state index >= 15 is 0 Å². The van der Waals surface area contributed by atoms with E-state index in [0.29, 0.717) is 23.0 Å². The van der Waals surface area contributed by atoms with Crippen LogP contribution in [0.1, 0.15) is 60.3 Å². The van der Waals surface area contributed by atoms with E-state index in [0.717, 1.165) is 35.5 Å². The van der Waals surface area contributed by atoms with Crippen LogP contribution in [0.2, 0.25) is 0 Å². The van der Waals surface area contributed by atoms with E-state index in [1.807, 2.05) is 20.8 Å². The summed E-state index contributed by atoms with van der Waals surface area (Å²) in [5.41, 5.74) is 4.18. The molecule has 3 rings (SSSR count). The topological polar surface area (TPSA) is 75.6 Å². The fraction of sp³-hybridized carbons (Fsp3) is 0.500. The van der Waals surface area contributed by atoms with Gasteiger partial charge in [0.05, 0.1) is 11.3 Å². The van der Waals surface area contributed by atoms with Crippen molar-refractivity contribution in [2.45, 2.75) is 56.7 Å². The summed E-state index contributed by atoms with van der Waals surface area (Å²) in [5, 5.41) is 14.2. The summed E-state index contributed by atoms with van der Waals surface area (Å²) < 4.78 is 5.25. The zero-order valence-electron chi connectivity index (χ0n) is 13.0. The van der Waals surface area contributed by atoms with E-state index in [2.05, 4.69) is 16.2 Å². The second-order valence-electron chi connectivity index (χ2n) is 5.80. The normalized spacial score (nSPS) is 13.4. The maximum absolute atomic E-state index is 9.45. The number of hydrogen-bond acceptors (Lipinski definition) is 6. The highest BCUT2D eigenvalue weighted by atomic mass is 32.2. The summed E-state index contributed by atoms with van der Waals surface area (Å²) in [7, 11) is 0. The number of rotatable bonds is 4. The van der Waals surface area contributed by atoms with Crippen LogP contribution < -0.4 is 0 Å². The smallest absolute Gasteiger partial charge is 0.237 e. The van der Waals surface area contributed by atoms with Gasteiger partial charge < -0.3 is 4.52 Å².